The van der Waals surface area contributed by atoms with Gasteiger partial charge in [0, 0.05) is 18.2 Å². The first-order valence-electron chi connectivity index (χ1n) is 5.77. The van der Waals surface area contributed by atoms with Crippen LogP contribution in [0, 0.1) is 5.92 Å². The maximum atomic E-state index is 12.0. The fraction of sp³-hybridized carbons (Fsp3) is 0.333. The molecule has 6 heteroatoms. The van der Waals surface area contributed by atoms with Gasteiger partial charge in [0.25, 0.3) is 5.56 Å². The molecule has 3 rings (SSSR count). The fourth-order valence-electron chi connectivity index (χ4n) is 2.48. The Hall–Kier alpha value is -2.24. The van der Waals surface area contributed by atoms with Crippen molar-refractivity contribution in [3.05, 3.63) is 27.7 Å². The van der Waals surface area contributed by atoms with Crippen LogP contribution in [0.4, 0.5) is 5.95 Å². The van der Waals surface area contributed by atoms with Crippen molar-refractivity contribution < 1.29 is 4.79 Å². The molecule has 6 nitrogen and oxygen atoms in total. The predicted octanol–water partition coefficient (Wildman–Crippen LogP) is 0.665. The number of anilines is 1. The van der Waals surface area contributed by atoms with Gasteiger partial charge in [-0.3, -0.25) is 14.6 Å². The fourth-order valence-corrected chi connectivity index (χ4v) is 2.48. The Labute approximate surface area is 102 Å². The van der Waals surface area contributed by atoms with E-state index < -0.39 is 0 Å². The summed E-state index contributed by atoms with van der Waals surface area (Å²) in [6, 6.07) is 0. The van der Waals surface area contributed by atoms with Gasteiger partial charge in [-0.1, -0.05) is 6.92 Å². The van der Waals surface area contributed by atoms with E-state index in [2.05, 4.69) is 15.0 Å². The van der Waals surface area contributed by atoms with E-state index in [4.69, 9.17) is 5.73 Å². The molecule has 0 radical (unpaired) electrons. The molecule has 18 heavy (non-hydrogen) atoms. The number of nitrogens with zero attached hydrogens (tertiary/aromatic N) is 2. The van der Waals surface area contributed by atoms with E-state index in [1.165, 1.54) is 6.20 Å². The van der Waals surface area contributed by atoms with Gasteiger partial charge in [0.2, 0.25) is 5.95 Å². The van der Waals surface area contributed by atoms with Crippen LogP contribution in [-0.4, -0.2) is 20.7 Å². The maximum absolute atomic E-state index is 12.0. The summed E-state index contributed by atoms with van der Waals surface area (Å²) >= 11 is 0. The lowest BCUT2D eigenvalue weighted by molar-refractivity contribution is 0.0953. The summed E-state index contributed by atoms with van der Waals surface area (Å²) in [4.78, 5) is 34.4. The highest BCUT2D eigenvalue weighted by atomic mass is 16.1. The lowest BCUT2D eigenvalue weighted by atomic mass is 9.84. The average Bonchev–Trinajstić information content (AvgIpc) is 2.26. The smallest absolute Gasteiger partial charge is 0.262 e. The predicted molar refractivity (Wildman–Crippen MR) is 66.4 cm³/mol. The molecular formula is C12H12N4O2. The number of aromatic amines is 1. The zero-order valence-electron chi connectivity index (χ0n) is 9.86. The molecule has 92 valence electrons. The molecule has 0 amide bonds. The van der Waals surface area contributed by atoms with Crippen LogP contribution < -0.4 is 11.3 Å². The first-order valence-corrected chi connectivity index (χ1v) is 5.77. The van der Waals surface area contributed by atoms with E-state index in [0.717, 1.165) is 5.56 Å². The van der Waals surface area contributed by atoms with Crippen molar-refractivity contribution >= 4 is 22.8 Å². The zero-order valence-corrected chi connectivity index (χ0v) is 9.86. The lowest BCUT2D eigenvalue weighted by Gasteiger charge is -2.20. The first-order chi connectivity index (χ1) is 8.56. The number of rotatable bonds is 0. The molecule has 0 saturated carbocycles. The number of hydrogen-bond donors (Lipinski definition) is 2. The van der Waals surface area contributed by atoms with Crippen molar-refractivity contribution in [2.45, 2.75) is 19.8 Å². The maximum Gasteiger partial charge on any atom is 0.262 e. The Morgan fingerprint density at radius 1 is 1.39 bits per heavy atom. The van der Waals surface area contributed by atoms with Crippen LogP contribution in [-0.2, 0) is 6.42 Å². The molecule has 0 aromatic carbocycles. The van der Waals surface area contributed by atoms with Crippen LogP contribution in [0.2, 0.25) is 0 Å². The topological polar surface area (TPSA) is 102 Å². The van der Waals surface area contributed by atoms with E-state index in [1.54, 1.807) is 0 Å². The Balaban J connectivity index is 2.42. The summed E-state index contributed by atoms with van der Waals surface area (Å²) in [7, 11) is 0. The van der Waals surface area contributed by atoms with Crippen molar-refractivity contribution in [2.75, 3.05) is 5.73 Å². The van der Waals surface area contributed by atoms with Gasteiger partial charge < -0.3 is 5.73 Å². The Morgan fingerprint density at radius 2 is 2.17 bits per heavy atom. The molecule has 3 N–H and O–H groups in total. The van der Waals surface area contributed by atoms with Gasteiger partial charge in [-0.25, -0.2) is 4.98 Å². The third-order valence-electron chi connectivity index (χ3n) is 3.25. The van der Waals surface area contributed by atoms with Crippen molar-refractivity contribution in [3.63, 3.8) is 0 Å². The van der Waals surface area contributed by atoms with Gasteiger partial charge in [0.15, 0.2) is 11.4 Å². The second kappa shape index (κ2) is 3.63. The number of nitrogen functional groups attached to an aromatic ring is 1. The molecule has 2 aromatic heterocycles. The molecule has 1 aliphatic rings. The van der Waals surface area contributed by atoms with Gasteiger partial charge in [0.1, 0.15) is 0 Å². The minimum Gasteiger partial charge on any atom is -0.369 e. The molecule has 0 fully saturated rings. The molecule has 0 aliphatic heterocycles. The van der Waals surface area contributed by atoms with Crippen molar-refractivity contribution in [1.29, 1.82) is 0 Å². The first kappa shape index (κ1) is 10.9. The van der Waals surface area contributed by atoms with E-state index in [-0.39, 0.29) is 23.2 Å². The number of pyridine rings is 1. The Bertz CT molecular complexity index is 720. The number of Topliss-reactive ketones (excluding diaryl/α,β-unsaturated/α-hetero) is 1. The second-order valence-corrected chi connectivity index (χ2v) is 4.74. The molecule has 1 aliphatic carbocycles. The van der Waals surface area contributed by atoms with Gasteiger partial charge in [-0.15, -0.1) is 0 Å². The number of fused-ring (bicyclic) bond motifs is 3. The SMILES string of the molecule is C[C@@H]1CC(=O)c2cnc3nc(N)[nH]c(=O)c3c2C1. The van der Waals surface area contributed by atoms with Crippen molar-refractivity contribution in [2.24, 2.45) is 5.92 Å². The summed E-state index contributed by atoms with van der Waals surface area (Å²) < 4.78 is 0. The number of aromatic nitrogens is 3. The number of ketones is 1. The van der Waals surface area contributed by atoms with E-state index in [1.807, 2.05) is 6.92 Å². The summed E-state index contributed by atoms with van der Waals surface area (Å²) in [6.07, 6.45) is 2.69. The standard InChI is InChI=1S/C12H12N4O2/c1-5-2-6-7(8(17)3-5)4-14-10-9(6)11(18)16-12(13)15-10/h4-5H,2-3H2,1H3,(H3,13,14,15,16,18)/t5-/m0/s1. The van der Waals surface area contributed by atoms with Crippen LogP contribution >= 0.6 is 0 Å². The van der Waals surface area contributed by atoms with Gasteiger partial charge in [-0.05, 0) is 17.9 Å². The van der Waals surface area contributed by atoms with Crippen LogP contribution in [0.15, 0.2) is 11.0 Å². The van der Waals surface area contributed by atoms with E-state index in [9.17, 15) is 9.59 Å². The molecular weight excluding hydrogens is 232 g/mol. The van der Waals surface area contributed by atoms with Crippen LogP contribution in [0.1, 0.15) is 29.3 Å². The second-order valence-electron chi connectivity index (χ2n) is 4.74. The normalized spacial score (nSPS) is 18.9. The number of nitrogens with one attached hydrogen (secondary N) is 1. The summed E-state index contributed by atoms with van der Waals surface area (Å²) in [5, 5.41) is 0.390. The molecule has 2 heterocycles. The highest BCUT2D eigenvalue weighted by Gasteiger charge is 2.26. The summed E-state index contributed by atoms with van der Waals surface area (Å²) in [5.41, 5.74) is 6.74. The zero-order chi connectivity index (χ0) is 12.9. The Kier molecular flexibility index (Phi) is 2.19. The van der Waals surface area contributed by atoms with Gasteiger partial charge >= 0.3 is 0 Å². The highest BCUT2D eigenvalue weighted by Crippen LogP contribution is 2.28. The van der Waals surface area contributed by atoms with Gasteiger partial charge in [-0.2, -0.15) is 4.98 Å². The van der Waals surface area contributed by atoms with Crippen LogP contribution in [0.25, 0.3) is 11.0 Å². The highest BCUT2D eigenvalue weighted by molar-refractivity contribution is 6.02. The number of carbonyl (C=O) groups is 1. The molecule has 0 bridgehead atoms. The lowest BCUT2D eigenvalue weighted by Crippen LogP contribution is -2.22. The monoisotopic (exact) mass is 244 g/mol. The minimum atomic E-state index is -0.330. The molecule has 2 aromatic rings. The van der Waals surface area contributed by atoms with Crippen molar-refractivity contribution in [3.8, 4) is 0 Å². The number of hydrogen-bond acceptors (Lipinski definition) is 5. The van der Waals surface area contributed by atoms with Crippen molar-refractivity contribution in [1.82, 2.24) is 15.0 Å². The number of nitrogens with two attached hydrogens (primary N) is 1. The van der Waals surface area contributed by atoms with Crippen LogP contribution in [0.3, 0.4) is 0 Å². The Morgan fingerprint density at radius 3 is 2.94 bits per heavy atom. The third kappa shape index (κ3) is 1.49. The van der Waals surface area contributed by atoms with Crippen LogP contribution in [0.5, 0.6) is 0 Å². The average molecular weight is 244 g/mol. The van der Waals surface area contributed by atoms with Gasteiger partial charge in [0.05, 0.1) is 5.39 Å². The van der Waals surface area contributed by atoms with E-state index >= 15 is 0 Å². The number of carbonyl (C=O) groups excluding carboxylic acids is 1. The largest absolute Gasteiger partial charge is 0.369 e. The molecule has 1 atom stereocenters. The minimum absolute atomic E-state index is 0.0365. The molecule has 0 unspecified atom stereocenters. The molecule has 0 saturated heterocycles. The molecule has 0 spiro atoms. The quantitative estimate of drug-likeness (QED) is 0.709. The number of H-pyrrole nitrogens is 1. The summed E-state index contributed by atoms with van der Waals surface area (Å²) in [5.74, 6) is 0.303. The third-order valence-corrected chi connectivity index (χ3v) is 3.25. The summed E-state index contributed by atoms with van der Waals surface area (Å²) in [6.45, 7) is 1.99. The van der Waals surface area contributed by atoms with E-state index in [0.29, 0.717) is 29.4 Å².